The van der Waals surface area contributed by atoms with Gasteiger partial charge in [0.05, 0.1) is 0 Å². The largest absolute Gasteiger partial charge is 0.295 e. The van der Waals surface area contributed by atoms with Gasteiger partial charge in [0.2, 0.25) is 0 Å². The van der Waals surface area contributed by atoms with Crippen LogP contribution >= 0.6 is 0 Å². The summed E-state index contributed by atoms with van der Waals surface area (Å²) in [6, 6.07) is 0. The molecule has 4 rings (SSSR count). The van der Waals surface area contributed by atoms with Gasteiger partial charge in [-0.3, -0.25) is 4.79 Å². The van der Waals surface area contributed by atoms with Crippen LogP contribution in [0.15, 0.2) is 11.6 Å². The molecule has 1 nitrogen and oxygen atoms in total. The van der Waals surface area contributed by atoms with Crippen LogP contribution in [0.3, 0.4) is 0 Å². The fraction of sp³-hybridized carbons (Fsp3) is 0.850. The van der Waals surface area contributed by atoms with E-state index in [4.69, 9.17) is 0 Å². The van der Waals surface area contributed by atoms with Crippen molar-refractivity contribution in [3.8, 4) is 0 Å². The Bertz CT molecular complexity index is 504. The fourth-order valence-electron chi connectivity index (χ4n) is 6.93. The van der Waals surface area contributed by atoms with E-state index in [1.54, 1.807) is 0 Å². The molecular formula is C20H30O. The highest BCUT2D eigenvalue weighted by atomic mass is 16.1. The Balaban J connectivity index is 1.73. The van der Waals surface area contributed by atoms with Crippen LogP contribution in [-0.2, 0) is 4.79 Å². The lowest BCUT2D eigenvalue weighted by Gasteiger charge is -2.59. The molecule has 21 heavy (non-hydrogen) atoms. The fourth-order valence-corrected chi connectivity index (χ4v) is 6.93. The van der Waals surface area contributed by atoms with E-state index in [1.165, 1.54) is 50.5 Å². The third kappa shape index (κ3) is 1.79. The van der Waals surface area contributed by atoms with Crippen molar-refractivity contribution in [3.05, 3.63) is 11.6 Å². The van der Waals surface area contributed by atoms with Crippen molar-refractivity contribution >= 4 is 5.78 Å². The quantitative estimate of drug-likeness (QED) is 0.601. The summed E-state index contributed by atoms with van der Waals surface area (Å²) in [5.41, 5.74) is 2.47. The zero-order valence-electron chi connectivity index (χ0n) is 14.0. The van der Waals surface area contributed by atoms with E-state index in [-0.39, 0.29) is 0 Å². The highest BCUT2D eigenvalue weighted by Crippen LogP contribution is 2.66. The average molecular weight is 286 g/mol. The standard InChI is InChI=1S/C20H30O/c1-13-11-15(21)12-14-6-7-16-17-5-4-9-19(17,2)10-8-18(16)20(13,14)3/h12-13,16-18H,4-11H2,1-3H3/t13?,16-,17-,18+,19-,20-/m0/s1. The molecule has 0 spiro atoms. The summed E-state index contributed by atoms with van der Waals surface area (Å²) in [5, 5.41) is 0. The lowest BCUT2D eigenvalue weighted by molar-refractivity contribution is -0.120. The van der Waals surface area contributed by atoms with Gasteiger partial charge in [0.25, 0.3) is 0 Å². The summed E-state index contributed by atoms with van der Waals surface area (Å²) in [7, 11) is 0. The van der Waals surface area contributed by atoms with E-state index in [2.05, 4.69) is 20.8 Å². The molecule has 0 aromatic carbocycles. The molecule has 0 aromatic rings. The Kier molecular flexibility index (Phi) is 2.98. The van der Waals surface area contributed by atoms with E-state index in [1.807, 2.05) is 6.08 Å². The second-order valence-corrected chi connectivity index (χ2v) is 9.02. The number of allylic oxidation sites excluding steroid dienone is 1. The van der Waals surface area contributed by atoms with Gasteiger partial charge in [-0.05, 0) is 79.1 Å². The summed E-state index contributed by atoms with van der Waals surface area (Å²) in [6.07, 6.45) is 12.6. The Morgan fingerprint density at radius 3 is 2.71 bits per heavy atom. The van der Waals surface area contributed by atoms with Crippen LogP contribution < -0.4 is 0 Å². The zero-order valence-corrected chi connectivity index (χ0v) is 14.0. The van der Waals surface area contributed by atoms with Gasteiger partial charge in [-0.15, -0.1) is 0 Å². The smallest absolute Gasteiger partial charge is 0.155 e. The maximum absolute atomic E-state index is 12.0. The predicted molar refractivity (Wildman–Crippen MR) is 85.9 cm³/mol. The molecule has 0 aromatic heterocycles. The molecule has 3 fully saturated rings. The van der Waals surface area contributed by atoms with E-state index in [0.29, 0.717) is 22.5 Å². The van der Waals surface area contributed by atoms with Gasteiger partial charge in [0, 0.05) is 6.42 Å². The number of carbonyl (C=O) groups excluding carboxylic acids is 1. The molecule has 4 aliphatic rings. The summed E-state index contributed by atoms with van der Waals surface area (Å²) in [4.78, 5) is 12.0. The van der Waals surface area contributed by atoms with Crippen LogP contribution in [-0.4, -0.2) is 5.78 Å². The van der Waals surface area contributed by atoms with Crippen molar-refractivity contribution in [2.75, 3.05) is 0 Å². The first-order valence-electron chi connectivity index (χ1n) is 9.19. The Morgan fingerprint density at radius 2 is 1.90 bits per heavy atom. The van der Waals surface area contributed by atoms with Gasteiger partial charge in [-0.25, -0.2) is 0 Å². The lowest BCUT2D eigenvalue weighted by Crippen LogP contribution is -2.52. The third-order valence-corrected chi connectivity index (χ3v) is 8.29. The highest BCUT2D eigenvalue weighted by molar-refractivity contribution is 5.92. The number of rotatable bonds is 0. The van der Waals surface area contributed by atoms with Crippen molar-refractivity contribution < 1.29 is 4.79 Å². The van der Waals surface area contributed by atoms with Crippen LogP contribution in [0.1, 0.15) is 72.1 Å². The Labute approximate surface area is 129 Å². The molecule has 0 aliphatic heterocycles. The number of hydrogen-bond acceptors (Lipinski definition) is 1. The van der Waals surface area contributed by atoms with E-state index in [9.17, 15) is 4.79 Å². The van der Waals surface area contributed by atoms with Gasteiger partial charge < -0.3 is 0 Å². The first-order chi connectivity index (χ1) is 9.95. The molecule has 1 heteroatoms. The number of fused-ring (bicyclic) bond motifs is 5. The minimum absolute atomic E-state index is 0.320. The monoisotopic (exact) mass is 286 g/mol. The van der Waals surface area contributed by atoms with Crippen molar-refractivity contribution in [2.24, 2.45) is 34.5 Å². The summed E-state index contributed by atoms with van der Waals surface area (Å²) >= 11 is 0. The molecule has 3 saturated carbocycles. The number of ketones is 1. The van der Waals surface area contributed by atoms with Gasteiger partial charge in [-0.1, -0.05) is 32.8 Å². The Hall–Kier alpha value is -0.590. The van der Waals surface area contributed by atoms with Crippen LogP contribution in [0.4, 0.5) is 0 Å². The highest BCUT2D eigenvalue weighted by Gasteiger charge is 2.57. The van der Waals surface area contributed by atoms with E-state index >= 15 is 0 Å². The molecule has 0 bridgehead atoms. The van der Waals surface area contributed by atoms with Crippen LogP contribution in [0, 0.1) is 34.5 Å². The number of hydrogen-bond donors (Lipinski definition) is 0. The zero-order chi connectivity index (χ0) is 14.8. The van der Waals surface area contributed by atoms with Gasteiger partial charge >= 0.3 is 0 Å². The van der Waals surface area contributed by atoms with E-state index < -0.39 is 0 Å². The third-order valence-electron chi connectivity index (χ3n) is 8.29. The predicted octanol–water partition coefficient (Wildman–Crippen LogP) is 5.15. The van der Waals surface area contributed by atoms with E-state index in [0.717, 1.165) is 24.2 Å². The summed E-state index contributed by atoms with van der Waals surface area (Å²) in [5.74, 6) is 3.68. The molecule has 0 N–H and O–H groups in total. The van der Waals surface area contributed by atoms with Crippen LogP contribution in [0.2, 0.25) is 0 Å². The SMILES string of the molecule is CC1CC(=O)C=C2CC[C@@H]3[C@@H](CC[C@]4(C)CCC[C@@H]34)[C@]21C. The summed E-state index contributed by atoms with van der Waals surface area (Å²) < 4.78 is 0. The van der Waals surface area contributed by atoms with Crippen molar-refractivity contribution in [3.63, 3.8) is 0 Å². The first kappa shape index (κ1) is 14.0. The molecule has 116 valence electrons. The van der Waals surface area contributed by atoms with Crippen LogP contribution in [0.5, 0.6) is 0 Å². The molecule has 1 unspecified atom stereocenters. The Morgan fingerprint density at radius 1 is 1.10 bits per heavy atom. The molecular weight excluding hydrogens is 256 g/mol. The molecule has 0 saturated heterocycles. The second kappa shape index (κ2) is 4.46. The first-order valence-corrected chi connectivity index (χ1v) is 9.19. The number of carbonyl (C=O) groups is 1. The maximum Gasteiger partial charge on any atom is 0.155 e. The molecule has 0 radical (unpaired) electrons. The molecule has 0 heterocycles. The minimum atomic E-state index is 0.320. The normalized spacial score (nSPS) is 52.7. The molecule has 6 atom stereocenters. The molecule has 0 amide bonds. The van der Waals surface area contributed by atoms with Gasteiger partial charge in [-0.2, -0.15) is 0 Å². The second-order valence-electron chi connectivity index (χ2n) is 9.02. The lowest BCUT2D eigenvalue weighted by atomic mass is 9.45. The van der Waals surface area contributed by atoms with Crippen molar-refractivity contribution in [1.82, 2.24) is 0 Å². The van der Waals surface area contributed by atoms with Crippen molar-refractivity contribution in [2.45, 2.75) is 72.1 Å². The maximum atomic E-state index is 12.0. The summed E-state index contributed by atoms with van der Waals surface area (Å²) in [6.45, 7) is 7.42. The van der Waals surface area contributed by atoms with Crippen molar-refractivity contribution in [1.29, 1.82) is 0 Å². The minimum Gasteiger partial charge on any atom is -0.295 e. The van der Waals surface area contributed by atoms with Crippen LogP contribution in [0.25, 0.3) is 0 Å². The average Bonchev–Trinajstić information content (AvgIpc) is 2.82. The van der Waals surface area contributed by atoms with Gasteiger partial charge in [0.15, 0.2) is 5.78 Å². The van der Waals surface area contributed by atoms with Gasteiger partial charge in [0.1, 0.15) is 0 Å². The topological polar surface area (TPSA) is 17.1 Å². The molecule has 4 aliphatic carbocycles.